The molecule has 1 aromatic carbocycles. The summed E-state index contributed by atoms with van der Waals surface area (Å²) in [6.45, 7) is 1.83. The lowest BCUT2D eigenvalue weighted by atomic mass is 9.71. The van der Waals surface area contributed by atoms with Gasteiger partial charge in [-0.3, -0.25) is 19.6 Å². The molecule has 2 atom stereocenters. The van der Waals surface area contributed by atoms with E-state index in [2.05, 4.69) is 15.3 Å². The average molecular weight is 377 g/mol. The van der Waals surface area contributed by atoms with Gasteiger partial charge in [-0.15, -0.1) is 0 Å². The fraction of sp³-hybridized carbons (Fsp3) is 0.273. The monoisotopic (exact) mass is 377 g/mol. The summed E-state index contributed by atoms with van der Waals surface area (Å²) in [5.41, 5.74) is 3.48. The summed E-state index contributed by atoms with van der Waals surface area (Å²) in [6.07, 6.45) is 5.33. The van der Waals surface area contributed by atoms with E-state index in [0.717, 1.165) is 24.1 Å². The second-order valence-corrected chi connectivity index (χ2v) is 7.12. The molecule has 5 nitrogen and oxygen atoms in total. The summed E-state index contributed by atoms with van der Waals surface area (Å²) in [4.78, 5) is 34.6. The Morgan fingerprint density at radius 1 is 1.11 bits per heavy atom. The lowest BCUT2D eigenvalue weighted by molar-refractivity contribution is -0.119. The van der Waals surface area contributed by atoms with Crippen LogP contribution in [-0.2, 0) is 9.59 Å². The SMILES string of the molecule is CC1=NC2=C(C(=O)CCC2)[C@@H](c2ccncc2)C1C(=O)Nc1ccc(F)cc1. The van der Waals surface area contributed by atoms with Crippen LogP contribution in [0.3, 0.4) is 0 Å². The molecule has 6 heteroatoms. The van der Waals surface area contributed by atoms with Gasteiger partial charge in [0, 0.05) is 47.4 Å². The molecule has 1 aliphatic heterocycles. The zero-order valence-electron chi connectivity index (χ0n) is 15.5. The van der Waals surface area contributed by atoms with Gasteiger partial charge < -0.3 is 5.32 Å². The number of Topliss-reactive ketones (excluding diaryl/α,β-unsaturated/α-hetero) is 1. The first-order valence-electron chi connectivity index (χ1n) is 9.32. The Bertz CT molecular complexity index is 981. The third kappa shape index (κ3) is 3.38. The Labute approximate surface area is 162 Å². The fourth-order valence-electron chi connectivity index (χ4n) is 4.03. The Kier molecular flexibility index (Phi) is 4.86. The summed E-state index contributed by atoms with van der Waals surface area (Å²) in [5.74, 6) is -1.60. The molecule has 28 heavy (non-hydrogen) atoms. The van der Waals surface area contributed by atoms with Crippen LogP contribution in [0, 0.1) is 11.7 Å². The van der Waals surface area contributed by atoms with E-state index in [1.165, 1.54) is 24.3 Å². The van der Waals surface area contributed by atoms with Gasteiger partial charge in [-0.2, -0.15) is 0 Å². The average Bonchev–Trinajstić information content (AvgIpc) is 2.69. The quantitative estimate of drug-likeness (QED) is 0.877. The van der Waals surface area contributed by atoms with Crippen LogP contribution < -0.4 is 5.32 Å². The van der Waals surface area contributed by atoms with E-state index in [0.29, 0.717) is 23.4 Å². The van der Waals surface area contributed by atoms with Crippen LogP contribution in [0.2, 0.25) is 0 Å². The van der Waals surface area contributed by atoms with Crippen molar-refractivity contribution in [2.75, 3.05) is 5.32 Å². The summed E-state index contributed by atoms with van der Waals surface area (Å²) >= 11 is 0. The minimum Gasteiger partial charge on any atom is -0.325 e. The molecule has 0 bridgehead atoms. The van der Waals surface area contributed by atoms with E-state index in [4.69, 9.17) is 0 Å². The summed E-state index contributed by atoms with van der Waals surface area (Å²) in [6, 6.07) is 9.30. The number of aliphatic imine (C=N–C) groups is 1. The van der Waals surface area contributed by atoms with Gasteiger partial charge in [0.2, 0.25) is 5.91 Å². The van der Waals surface area contributed by atoms with Crippen molar-refractivity contribution in [1.29, 1.82) is 0 Å². The minimum absolute atomic E-state index is 0.0545. The van der Waals surface area contributed by atoms with Gasteiger partial charge in [-0.25, -0.2) is 4.39 Å². The molecule has 142 valence electrons. The number of carbonyl (C=O) groups excluding carboxylic acids is 2. The second kappa shape index (κ2) is 7.46. The number of nitrogens with one attached hydrogen (secondary N) is 1. The third-order valence-electron chi connectivity index (χ3n) is 5.29. The molecule has 1 amide bonds. The van der Waals surface area contributed by atoms with E-state index in [9.17, 15) is 14.0 Å². The highest BCUT2D eigenvalue weighted by molar-refractivity contribution is 6.13. The summed E-state index contributed by atoms with van der Waals surface area (Å²) in [5, 5.41) is 2.84. The summed E-state index contributed by atoms with van der Waals surface area (Å²) < 4.78 is 13.2. The van der Waals surface area contributed by atoms with Gasteiger partial charge in [0.05, 0.1) is 5.92 Å². The predicted molar refractivity (Wildman–Crippen MR) is 104 cm³/mol. The number of hydrogen-bond acceptors (Lipinski definition) is 4. The number of carbonyl (C=O) groups is 2. The van der Waals surface area contributed by atoms with Gasteiger partial charge in [-0.1, -0.05) is 0 Å². The second-order valence-electron chi connectivity index (χ2n) is 7.12. The molecule has 0 saturated carbocycles. The van der Waals surface area contributed by atoms with Gasteiger partial charge >= 0.3 is 0 Å². The molecular weight excluding hydrogens is 357 g/mol. The molecule has 1 N–H and O–H groups in total. The Morgan fingerprint density at radius 3 is 2.54 bits per heavy atom. The van der Waals surface area contributed by atoms with E-state index in [1.807, 2.05) is 19.1 Å². The van der Waals surface area contributed by atoms with E-state index in [1.54, 1.807) is 12.4 Å². The maximum Gasteiger partial charge on any atom is 0.234 e. The number of amides is 1. The third-order valence-corrected chi connectivity index (χ3v) is 5.29. The van der Waals surface area contributed by atoms with E-state index in [-0.39, 0.29) is 17.5 Å². The zero-order chi connectivity index (χ0) is 19.7. The van der Waals surface area contributed by atoms with Crippen molar-refractivity contribution in [3.8, 4) is 0 Å². The number of pyridine rings is 1. The van der Waals surface area contributed by atoms with Crippen molar-refractivity contribution in [2.24, 2.45) is 10.9 Å². The Morgan fingerprint density at radius 2 is 1.82 bits per heavy atom. The van der Waals surface area contributed by atoms with Crippen molar-refractivity contribution in [3.63, 3.8) is 0 Å². The van der Waals surface area contributed by atoms with Crippen LogP contribution in [0.25, 0.3) is 0 Å². The molecule has 2 aliphatic rings. The van der Waals surface area contributed by atoms with E-state index >= 15 is 0 Å². The lowest BCUT2D eigenvalue weighted by Crippen LogP contribution is -2.39. The minimum atomic E-state index is -0.617. The highest BCUT2D eigenvalue weighted by Gasteiger charge is 2.42. The number of aromatic nitrogens is 1. The molecular formula is C22H20FN3O2. The number of benzene rings is 1. The highest BCUT2D eigenvalue weighted by Crippen LogP contribution is 2.43. The number of rotatable bonds is 3. The molecule has 0 fully saturated rings. The van der Waals surface area contributed by atoms with Crippen molar-refractivity contribution in [3.05, 3.63) is 71.4 Å². The molecule has 2 aromatic rings. The maximum absolute atomic E-state index is 13.2. The topological polar surface area (TPSA) is 71.4 Å². The molecule has 0 spiro atoms. The van der Waals surface area contributed by atoms with Crippen LogP contribution in [0.4, 0.5) is 10.1 Å². The molecule has 0 saturated heterocycles. The number of nitrogens with zero attached hydrogens (tertiary/aromatic N) is 2. The fourth-order valence-corrected chi connectivity index (χ4v) is 4.03. The van der Waals surface area contributed by atoms with Crippen molar-refractivity contribution < 1.29 is 14.0 Å². The molecule has 1 aromatic heterocycles. The lowest BCUT2D eigenvalue weighted by Gasteiger charge is -2.34. The standard InChI is InChI=1S/C22H20FN3O2/c1-13-19(22(28)26-16-7-5-15(23)6-8-16)20(14-9-11-24-12-10-14)21-17(25-13)3-2-4-18(21)27/h5-12,19-20H,2-4H2,1H3,(H,26,28)/t19?,20-/m0/s1. The van der Waals surface area contributed by atoms with E-state index < -0.39 is 11.8 Å². The van der Waals surface area contributed by atoms with Crippen LogP contribution in [0.5, 0.6) is 0 Å². The van der Waals surface area contributed by atoms with Crippen LogP contribution in [0.1, 0.15) is 37.7 Å². The molecule has 0 radical (unpaired) electrons. The normalized spacial score (nSPS) is 21.8. The van der Waals surface area contributed by atoms with Gasteiger partial charge in [0.1, 0.15) is 5.82 Å². The van der Waals surface area contributed by atoms with Gasteiger partial charge in [-0.05, 0) is 61.7 Å². The van der Waals surface area contributed by atoms with Crippen molar-refractivity contribution in [2.45, 2.75) is 32.1 Å². The number of hydrogen-bond donors (Lipinski definition) is 1. The first-order valence-corrected chi connectivity index (χ1v) is 9.32. The first-order chi connectivity index (χ1) is 13.5. The van der Waals surface area contributed by atoms with Crippen LogP contribution >= 0.6 is 0 Å². The smallest absolute Gasteiger partial charge is 0.234 e. The van der Waals surface area contributed by atoms with Crippen molar-refractivity contribution in [1.82, 2.24) is 4.98 Å². The number of anilines is 1. The maximum atomic E-state index is 13.2. The van der Waals surface area contributed by atoms with Crippen LogP contribution in [-0.4, -0.2) is 22.4 Å². The predicted octanol–water partition coefficient (Wildman–Crippen LogP) is 4.04. The summed E-state index contributed by atoms with van der Waals surface area (Å²) in [7, 11) is 0. The Hall–Kier alpha value is -3.15. The van der Waals surface area contributed by atoms with Gasteiger partial charge in [0.15, 0.2) is 5.78 Å². The molecule has 4 rings (SSSR count). The number of ketones is 1. The molecule has 1 unspecified atom stereocenters. The van der Waals surface area contributed by atoms with Gasteiger partial charge in [0.25, 0.3) is 0 Å². The zero-order valence-corrected chi connectivity index (χ0v) is 15.5. The first kappa shape index (κ1) is 18.2. The van der Waals surface area contributed by atoms with Crippen LogP contribution in [0.15, 0.2) is 65.1 Å². The Balaban J connectivity index is 1.75. The van der Waals surface area contributed by atoms with Crippen molar-refractivity contribution >= 4 is 23.1 Å². The number of allylic oxidation sites excluding steroid dienone is 2. The highest BCUT2D eigenvalue weighted by atomic mass is 19.1. The largest absolute Gasteiger partial charge is 0.325 e. The number of halogens is 1. The molecule has 1 aliphatic carbocycles. The molecule has 2 heterocycles.